The van der Waals surface area contributed by atoms with Crippen molar-refractivity contribution in [2.24, 2.45) is 5.41 Å². The van der Waals surface area contributed by atoms with Gasteiger partial charge in [0.15, 0.2) is 5.82 Å². The Kier molecular flexibility index (Phi) is 5.76. The van der Waals surface area contributed by atoms with E-state index in [9.17, 15) is 9.59 Å². The molecule has 0 saturated carbocycles. The minimum Gasteiger partial charge on any atom is -0.376 e. The molecule has 0 radical (unpaired) electrons. The zero-order chi connectivity index (χ0) is 16.9. The van der Waals surface area contributed by atoms with Crippen LogP contribution in [0.5, 0.6) is 0 Å². The number of nitrogens with zero attached hydrogens (tertiary/aromatic N) is 2. The average Bonchev–Trinajstić information content (AvgIpc) is 3.09. The molecule has 1 atom stereocenters. The zero-order valence-corrected chi connectivity index (χ0v) is 14.0. The predicted molar refractivity (Wildman–Crippen MR) is 84.8 cm³/mol. The minimum absolute atomic E-state index is 0.0123. The van der Waals surface area contributed by atoms with E-state index in [0.717, 1.165) is 19.4 Å². The first-order chi connectivity index (χ1) is 10.8. The Bertz CT molecular complexity index is 516. The molecule has 1 aliphatic rings. The lowest BCUT2D eigenvalue weighted by molar-refractivity contribution is -0.137. The van der Waals surface area contributed by atoms with Crippen molar-refractivity contribution in [2.45, 2.75) is 46.1 Å². The third-order valence-corrected chi connectivity index (χ3v) is 3.52. The highest BCUT2D eigenvalue weighted by Crippen LogP contribution is 2.21. The number of carbonyl (C=O) groups is 2. The fourth-order valence-corrected chi connectivity index (χ4v) is 2.49. The quantitative estimate of drug-likeness (QED) is 0.866. The largest absolute Gasteiger partial charge is 0.376 e. The molecule has 1 N–H and O–H groups in total. The van der Waals surface area contributed by atoms with E-state index >= 15 is 0 Å². The van der Waals surface area contributed by atoms with Crippen LogP contribution in [0.4, 0.5) is 5.82 Å². The summed E-state index contributed by atoms with van der Waals surface area (Å²) in [5, 5.41) is 6.25. The summed E-state index contributed by atoms with van der Waals surface area (Å²) in [6, 6.07) is 1.55. The molecule has 0 bridgehead atoms. The highest BCUT2D eigenvalue weighted by Gasteiger charge is 2.27. The second-order valence-electron chi connectivity index (χ2n) is 7.08. The van der Waals surface area contributed by atoms with Crippen LogP contribution < -0.4 is 5.32 Å². The van der Waals surface area contributed by atoms with Gasteiger partial charge in [-0.1, -0.05) is 25.9 Å². The van der Waals surface area contributed by atoms with Crippen LogP contribution in [0.3, 0.4) is 0 Å². The van der Waals surface area contributed by atoms with Gasteiger partial charge in [-0.2, -0.15) is 0 Å². The number of hydrogen-bond donors (Lipinski definition) is 1. The zero-order valence-electron chi connectivity index (χ0n) is 14.0. The summed E-state index contributed by atoms with van der Waals surface area (Å²) in [4.78, 5) is 26.3. The molecule has 1 aromatic heterocycles. The number of nitrogens with one attached hydrogen (secondary N) is 1. The van der Waals surface area contributed by atoms with Crippen molar-refractivity contribution >= 4 is 17.6 Å². The van der Waals surface area contributed by atoms with Gasteiger partial charge in [0.25, 0.3) is 0 Å². The van der Waals surface area contributed by atoms with Crippen molar-refractivity contribution in [3.63, 3.8) is 0 Å². The summed E-state index contributed by atoms with van der Waals surface area (Å²) in [5.41, 5.74) is -0.130. The number of aromatic nitrogens is 1. The van der Waals surface area contributed by atoms with Crippen LogP contribution in [-0.2, 0) is 14.3 Å². The van der Waals surface area contributed by atoms with E-state index < -0.39 is 0 Å². The van der Waals surface area contributed by atoms with Crippen molar-refractivity contribution in [1.82, 2.24) is 10.1 Å². The van der Waals surface area contributed by atoms with Crippen molar-refractivity contribution in [2.75, 3.05) is 25.0 Å². The molecule has 1 unspecified atom stereocenters. The SMILES string of the molecule is CC(C)(C)CC(=O)N(CC(=O)Nc1ccon1)CC1CCCO1. The van der Waals surface area contributed by atoms with Gasteiger partial charge in [0.05, 0.1) is 12.6 Å². The van der Waals surface area contributed by atoms with Gasteiger partial charge in [-0.3, -0.25) is 9.59 Å². The Balaban J connectivity index is 1.96. The third-order valence-electron chi connectivity index (χ3n) is 3.52. The van der Waals surface area contributed by atoms with E-state index in [1.165, 1.54) is 6.26 Å². The van der Waals surface area contributed by atoms with Crippen LogP contribution in [0.15, 0.2) is 16.9 Å². The second-order valence-corrected chi connectivity index (χ2v) is 7.08. The van der Waals surface area contributed by atoms with Crippen LogP contribution in [0.1, 0.15) is 40.0 Å². The lowest BCUT2D eigenvalue weighted by Gasteiger charge is -2.28. The summed E-state index contributed by atoms with van der Waals surface area (Å²) in [6.07, 6.45) is 3.70. The van der Waals surface area contributed by atoms with Crippen LogP contribution in [0, 0.1) is 5.41 Å². The third kappa shape index (κ3) is 6.02. The lowest BCUT2D eigenvalue weighted by atomic mass is 9.91. The smallest absolute Gasteiger partial charge is 0.245 e. The Morgan fingerprint density at radius 2 is 2.22 bits per heavy atom. The molecule has 7 nitrogen and oxygen atoms in total. The van der Waals surface area contributed by atoms with E-state index in [0.29, 0.717) is 18.8 Å². The Hall–Kier alpha value is -1.89. The molecule has 2 rings (SSSR count). The van der Waals surface area contributed by atoms with Gasteiger partial charge in [0, 0.05) is 25.6 Å². The van der Waals surface area contributed by atoms with Crippen molar-refractivity contribution in [1.29, 1.82) is 0 Å². The topological polar surface area (TPSA) is 84.7 Å². The van der Waals surface area contributed by atoms with Crippen molar-refractivity contribution in [3.8, 4) is 0 Å². The Morgan fingerprint density at radius 1 is 1.43 bits per heavy atom. The van der Waals surface area contributed by atoms with Gasteiger partial charge in [0.2, 0.25) is 11.8 Å². The molecule has 1 fully saturated rings. The number of anilines is 1. The second kappa shape index (κ2) is 7.59. The Labute approximate surface area is 136 Å². The van der Waals surface area contributed by atoms with Crippen LogP contribution in [-0.4, -0.2) is 47.7 Å². The standard InChI is InChI=1S/C16H25N3O4/c1-16(2,3)9-15(21)19(10-12-5-4-7-22-12)11-14(20)17-13-6-8-23-18-13/h6,8,12H,4-5,7,9-11H2,1-3H3,(H,17,18,20). The number of carbonyl (C=O) groups excluding carboxylic acids is 2. The first kappa shape index (κ1) is 17.5. The van der Waals surface area contributed by atoms with Gasteiger partial charge in [-0.25, -0.2) is 0 Å². The molecule has 2 amide bonds. The summed E-state index contributed by atoms with van der Waals surface area (Å²) in [7, 11) is 0. The van der Waals surface area contributed by atoms with E-state index in [1.807, 2.05) is 20.8 Å². The van der Waals surface area contributed by atoms with Gasteiger partial charge < -0.3 is 19.5 Å². The molecule has 1 aromatic rings. The first-order valence-corrected chi connectivity index (χ1v) is 7.93. The molecule has 128 valence electrons. The Morgan fingerprint density at radius 3 is 2.78 bits per heavy atom. The van der Waals surface area contributed by atoms with Crippen molar-refractivity contribution < 1.29 is 18.8 Å². The molecule has 2 heterocycles. The van der Waals surface area contributed by atoms with Crippen molar-refractivity contribution in [3.05, 3.63) is 12.3 Å². The summed E-state index contributed by atoms with van der Waals surface area (Å²) in [6.45, 7) is 7.17. The normalized spacial score (nSPS) is 18.0. The van der Waals surface area contributed by atoms with Crippen LogP contribution >= 0.6 is 0 Å². The fraction of sp³-hybridized carbons (Fsp3) is 0.688. The number of rotatable bonds is 6. The molecule has 0 aromatic carbocycles. The van der Waals surface area contributed by atoms with E-state index in [2.05, 4.69) is 15.0 Å². The molecule has 0 spiro atoms. The molecule has 1 saturated heterocycles. The molecule has 23 heavy (non-hydrogen) atoms. The van der Waals surface area contributed by atoms with E-state index in [1.54, 1.807) is 11.0 Å². The number of ether oxygens (including phenoxy) is 1. The highest BCUT2D eigenvalue weighted by atomic mass is 16.5. The first-order valence-electron chi connectivity index (χ1n) is 7.93. The van der Waals surface area contributed by atoms with Gasteiger partial charge in [-0.05, 0) is 18.3 Å². The maximum absolute atomic E-state index is 12.5. The molecule has 7 heteroatoms. The minimum atomic E-state index is -0.292. The van der Waals surface area contributed by atoms with Gasteiger partial charge in [-0.15, -0.1) is 0 Å². The fourth-order valence-electron chi connectivity index (χ4n) is 2.49. The number of hydrogen-bond acceptors (Lipinski definition) is 5. The molecule has 1 aliphatic heterocycles. The van der Waals surface area contributed by atoms with Crippen LogP contribution in [0.2, 0.25) is 0 Å². The maximum Gasteiger partial charge on any atom is 0.245 e. The van der Waals surface area contributed by atoms with E-state index in [4.69, 9.17) is 4.74 Å². The van der Waals surface area contributed by atoms with Gasteiger partial charge >= 0.3 is 0 Å². The lowest BCUT2D eigenvalue weighted by Crippen LogP contribution is -2.43. The molecule has 0 aliphatic carbocycles. The maximum atomic E-state index is 12.5. The summed E-state index contributed by atoms with van der Waals surface area (Å²) >= 11 is 0. The monoisotopic (exact) mass is 323 g/mol. The predicted octanol–water partition coefficient (Wildman–Crippen LogP) is 2.06. The van der Waals surface area contributed by atoms with Gasteiger partial charge in [0.1, 0.15) is 6.26 Å². The summed E-state index contributed by atoms with van der Waals surface area (Å²) in [5.74, 6) is 0.0118. The summed E-state index contributed by atoms with van der Waals surface area (Å²) < 4.78 is 10.3. The average molecular weight is 323 g/mol. The van der Waals surface area contributed by atoms with Crippen LogP contribution in [0.25, 0.3) is 0 Å². The number of amides is 2. The highest BCUT2D eigenvalue weighted by molar-refractivity contribution is 5.93. The molecular formula is C16H25N3O4. The molecular weight excluding hydrogens is 298 g/mol. The van der Waals surface area contributed by atoms with E-state index in [-0.39, 0.29) is 29.9 Å².